The molecule has 0 bridgehead atoms. The number of methoxy groups -OCH3 is 2. The minimum absolute atomic E-state index is 0.0123. The molecule has 0 aliphatic heterocycles. The Balaban J connectivity index is 5.83. The van der Waals surface area contributed by atoms with E-state index in [9.17, 15) is 9.13 Å². The Morgan fingerprint density at radius 2 is 1.00 bits per heavy atom. The largest absolute Gasteiger partial charge is 0.356 e. The van der Waals surface area contributed by atoms with Crippen LogP contribution in [-0.2, 0) is 36.7 Å². The van der Waals surface area contributed by atoms with E-state index in [0.717, 1.165) is 0 Å². The molecule has 0 aromatic rings. The fraction of sp³-hybridized carbons (Fsp3) is 1.00. The minimum Gasteiger partial charge on any atom is -0.356 e. The molecule has 8 nitrogen and oxygen atoms in total. The molecule has 0 amide bonds. The first kappa shape index (κ1) is 23.2. The van der Waals surface area contributed by atoms with Gasteiger partial charge in [-0.25, -0.2) is 0 Å². The van der Waals surface area contributed by atoms with E-state index >= 15 is 0 Å². The predicted octanol–water partition coefficient (Wildman–Crippen LogP) is 3.85. The Labute approximate surface area is 139 Å². The molecule has 10 heteroatoms. The molecular formula is C13H30O8P2. The molecule has 0 fully saturated rings. The van der Waals surface area contributed by atoms with E-state index < -0.39 is 26.9 Å². The average molecular weight is 376 g/mol. The van der Waals surface area contributed by atoms with Gasteiger partial charge in [-0.2, -0.15) is 0 Å². The smallest absolute Gasteiger partial charge is 0.345 e. The van der Waals surface area contributed by atoms with Crippen molar-refractivity contribution in [2.24, 2.45) is 0 Å². The molecule has 0 N–H and O–H groups in total. The van der Waals surface area contributed by atoms with Crippen LogP contribution in [0.25, 0.3) is 0 Å². The molecule has 0 atom stereocenters. The van der Waals surface area contributed by atoms with E-state index in [1.165, 1.54) is 14.2 Å². The highest BCUT2D eigenvalue weighted by molar-refractivity contribution is 7.72. The molecule has 0 spiro atoms. The molecule has 0 rings (SSSR count). The van der Waals surface area contributed by atoms with Crippen LogP contribution in [0.1, 0.15) is 34.1 Å². The monoisotopic (exact) mass is 376 g/mol. The van der Waals surface area contributed by atoms with Crippen LogP contribution in [0.4, 0.5) is 0 Å². The highest BCUT2D eigenvalue weighted by Gasteiger charge is 2.51. The summed E-state index contributed by atoms with van der Waals surface area (Å²) in [7, 11) is -4.66. The summed E-state index contributed by atoms with van der Waals surface area (Å²) in [5, 5.41) is -1.14. The third kappa shape index (κ3) is 6.92. The lowest BCUT2D eigenvalue weighted by molar-refractivity contribution is -0.105. The van der Waals surface area contributed by atoms with Gasteiger partial charge in [0.2, 0.25) is 0 Å². The number of rotatable bonds is 14. The van der Waals surface area contributed by atoms with Crippen LogP contribution in [-0.4, -0.2) is 52.3 Å². The first-order valence-electron chi connectivity index (χ1n) is 7.70. The maximum absolute atomic E-state index is 13.2. The van der Waals surface area contributed by atoms with Gasteiger partial charge in [0.15, 0.2) is 11.7 Å². The molecule has 0 aromatic carbocycles. The van der Waals surface area contributed by atoms with E-state index in [4.69, 9.17) is 27.6 Å². The van der Waals surface area contributed by atoms with Crippen molar-refractivity contribution in [2.45, 2.75) is 45.8 Å². The molecule has 0 heterocycles. The molecule has 0 saturated heterocycles. The SMILES string of the molecule is CCOP(=O)(OCC)C(CC(OC)OC)P(=O)(OCC)OCC. The summed E-state index contributed by atoms with van der Waals surface area (Å²) in [4.78, 5) is 0. The maximum Gasteiger partial charge on any atom is 0.345 e. The number of ether oxygens (including phenoxy) is 2. The lowest BCUT2D eigenvalue weighted by Gasteiger charge is -2.32. The van der Waals surface area contributed by atoms with Crippen LogP contribution in [0.15, 0.2) is 0 Å². The molecule has 23 heavy (non-hydrogen) atoms. The summed E-state index contributed by atoms with van der Waals surface area (Å²) in [6.07, 6.45) is -0.759. The van der Waals surface area contributed by atoms with Gasteiger partial charge in [-0.3, -0.25) is 9.13 Å². The summed E-state index contributed by atoms with van der Waals surface area (Å²) in [6, 6.07) is 0. The third-order valence-corrected chi connectivity index (χ3v) is 8.95. The summed E-state index contributed by atoms with van der Waals surface area (Å²) in [5.41, 5.74) is 0. The van der Waals surface area contributed by atoms with E-state index in [0.29, 0.717) is 0 Å². The third-order valence-electron chi connectivity index (χ3n) is 2.90. The normalized spacial score (nSPS) is 13.2. The van der Waals surface area contributed by atoms with Crippen LogP contribution in [0.3, 0.4) is 0 Å². The second-order valence-electron chi connectivity index (χ2n) is 4.37. The molecule has 0 aliphatic rings. The first-order chi connectivity index (χ1) is 10.9. The van der Waals surface area contributed by atoms with Crippen molar-refractivity contribution >= 4 is 15.2 Å². The van der Waals surface area contributed by atoms with E-state index in [-0.39, 0.29) is 32.8 Å². The Hall–Kier alpha value is 0.220. The van der Waals surface area contributed by atoms with Crippen molar-refractivity contribution < 1.29 is 36.7 Å². The van der Waals surface area contributed by atoms with Crippen molar-refractivity contribution in [3.8, 4) is 0 Å². The zero-order valence-electron chi connectivity index (χ0n) is 14.9. The number of hydrogen-bond donors (Lipinski definition) is 0. The minimum atomic E-state index is -3.76. The zero-order chi connectivity index (χ0) is 17.9. The summed E-state index contributed by atoms with van der Waals surface area (Å²) in [5.74, 6) is 0. The van der Waals surface area contributed by atoms with Crippen molar-refractivity contribution in [1.82, 2.24) is 0 Å². The van der Waals surface area contributed by atoms with Gasteiger partial charge in [0.1, 0.15) is 0 Å². The quantitative estimate of drug-likeness (QED) is 0.334. The van der Waals surface area contributed by atoms with Gasteiger partial charge in [-0.05, 0) is 27.7 Å². The van der Waals surface area contributed by atoms with Gasteiger partial charge in [0, 0.05) is 20.6 Å². The average Bonchev–Trinajstić information content (AvgIpc) is 2.49. The Bertz CT molecular complexity index is 349. The molecule has 0 aliphatic carbocycles. The Kier molecular flexibility index (Phi) is 11.8. The first-order valence-corrected chi connectivity index (χ1v) is 10.9. The van der Waals surface area contributed by atoms with Gasteiger partial charge in [0.05, 0.1) is 26.4 Å². The van der Waals surface area contributed by atoms with Crippen LogP contribution in [0.5, 0.6) is 0 Å². The van der Waals surface area contributed by atoms with E-state index in [2.05, 4.69) is 0 Å². The van der Waals surface area contributed by atoms with Crippen LogP contribution < -0.4 is 0 Å². The standard InChI is InChI=1S/C13H30O8P2/c1-7-18-22(14,19-8-2)13(11-12(16-5)17-6)23(15,20-9-3)21-10-4/h12-13H,7-11H2,1-6H3. The lowest BCUT2D eigenvalue weighted by atomic mass is 10.5. The van der Waals surface area contributed by atoms with Gasteiger partial charge in [-0.1, -0.05) is 0 Å². The Morgan fingerprint density at radius 1 is 0.696 bits per heavy atom. The van der Waals surface area contributed by atoms with Crippen molar-refractivity contribution in [3.05, 3.63) is 0 Å². The second-order valence-corrected chi connectivity index (χ2v) is 9.21. The predicted molar refractivity (Wildman–Crippen MR) is 87.9 cm³/mol. The van der Waals surface area contributed by atoms with Crippen LogP contribution in [0, 0.1) is 0 Å². The summed E-state index contributed by atoms with van der Waals surface area (Å²) < 4.78 is 58.1. The fourth-order valence-electron chi connectivity index (χ4n) is 2.03. The van der Waals surface area contributed by atoms with Crippen molar-refractivity contribution in [3.63, 3.8) is 0 Å². The highest BCUT2D eigenvalue weighted by atomic mass is 31.2. The van der Waals surface area contributed by atoms with Crippen LogP contribution >= 0.6 is 15.2 Å². The van der Waals surface area contributed by atoms with Gasteiger partial charge in [0.25, 0.3) is 0 Å². The van der Waals surface area contributed by atoms with Gasteiger partial charge >= 0.3 is 15.2 Å². The maximum atomic E-state index is 13.2. The topological polar surface area (TPSA) is 89.5 Å². The highest BCUT2D eigenvalue weighted by Crippen LogP contribution is 2.71. The van der Waals surface area contributed by atoms with Crippen molar-refractivity contribution in [1.29, 1.82) is 0 Å². The van der Waals surface area contributed by atoms with Crippen molar-refractivity contribution in [2.75, 3.05) is 40.6 Å². The molecular weight excluding hydrogens is 346 g/mol. The van der Waals surface area contributed by atoms with Gasteiger partial charge in [-0.15, -0.1) is 0 Å². The summed E-state index contributed by atoms with van der Waals surface area (Å²) >= 11 is 0. The molecule has 0 aromatic heterocycles. The molecule has 0 unspecified atom stereocenters. The molecule has 0 saturated carbocycles. The van der Waals surface area contributed by atoms with Gasteiger partial charge < -0.3 is 27.6 Å². The Morgan fingerprint density at radius 3 is 1.22 bits per heavy atom. The molecule has 0 radical (unpaired) electrons. The lowest BCUT2D eigenvalue weighted by Crippen LogP contribution is -2.25. The number of hydrogen-bond acceptors (Lipinski definition) is 8. The molecule has 140 valence electrons. The summed E-state index contributed by atoms with van der Waals surface area (Å²) in [6.45, 7) is 7.26. The zero-order valence-corrected chi connectivity index (χ0v) is 16.6. The van der Waals surface area contributed by atoms with E-state index in [1.54, 1.807) is 27.7 Å². The van der Waals surface area contributed by atoms with E-state index in [1.807, 2.05) is 0 Å². The van der Waals surface area contributed by atoms with Crippen LogP contribution in [0.2, 0.25) is 0 Å². The fourth-order valence-corrected chi connectivity index (χ4v) is 7.35. The second kappa shape index (κ2) is 11.7.